The zero-order chi connectivity index (χ0) is 9.97. The predicted molar refractivity (Wildman–Crippen MR) is 51.5 cm³/mol. The third kappa shape index (κ3) is 1.42. The van der Waals surface area contributed by atoms with Crippen LogP contribution in [-0.4, -0.2) is 21.3 Å². The normalized spacial score (nSPS) is 10.1. The van der Waals surface area contributed by atoms with Gasteiger partial charge in [-0.05, 0) is 31.2 Å². The van der Waals surface area contributed by atoms with Crippen LogP contribution < -0.4 is 0 Å². The van der Waals surface area contributed by atoms with E-state index in [1.165, 1.54) is 0 Å². The van der Waals surface area contributed by atoms with Crippen LogP contribution in [0.1, 0.15) is 16.1 Å². The molecule has 0 radical (unpaired) electrons. The van der Waals surface area contributed by atoms with Crippen molar-refractivity contribution >= 4 is 6.29 Å². The van der Waals surface area contributed by atoms with Crippen molar-refractivity contribution in [2.45, 2.75) is 6.92 Å². The summed E-state index contributed by atoms with van der Waals surface area (Å²) in [6, 6.07) is 7.18. The number of hydrogen-bond donors (Lipinski definition) is 0. The maximum atomic E-state index is 10.4. The van der Waals surface area contributed by atoms with Crippen LogP contribution in [0.2, 0.25) is 0 Å². The minimum Gasteiger partial charge on any atom is -0.298 e. The maximum Gasteiger partial charge on any atom is 0.150 e. The predicted octanol–water partition coefficient (Wildman–Crippen LogP) is 1.39. The molecule has 0 aliphatic rings. The van der Waals surface area contributed by atoms with Crippen LogP contribution in [0.3, 0.4) is 0 Å². The van der Waals surface area contributed by atoms with Crippen molar-refractivity contribution in [1.82, 2.24) is 15.0 Å². The zero-order valence-corrected chi connectivity index (χ0v) is 7.71. The van der Waals surface area contributed by atoms with Gasteiger partial charge in [0.25, 0.3) is 0 Å². The fourth-order valence-corrected chi connectivity index (χ4v) is 1.24. The number of carbonyl (C=O) groups excluding carboxylic acids is 1. The minimum atomic E-state index is 0.659. The van der Waals surface area contributed by atoms with Gasteiger partial charge in [-0.2, -0.15) is 0 Å². The molecule has 14 heavy (non-hydrogen) atoms. The lowest BCUT2D eigenvalue weighted by Crippen LogP contribution is -1.98. The fourth-order valence-electron chi connectivity index (χ4n) is 1.24. The Morgan fingerprint density at radius 3 is 2.50 bits per heavy atom. The van der Waals surface area contributed by atoms with Gasteiger partial charge in [0.2, 0.25) is 0 Å². The molecule has 4 nitrogen and oxygen atoms in total. The van der Waals surface area contributed by atoms with E-state index in [2.05, 4.69) is 10.3 Å². The highest BCUT2D eigenvalue weighted by Gasteiger charge is 2.00. The summed E-state index contributed by atoms with van der Waals surface area (Å²) >= 11 is 0. The smallest absolute Gasteiger partial charge is 0.150 e. The molecule has 1 aromatic heterocycles. The molecule has 0 bridgehead atoms. The van der Waals surface area contributed by atoms with Crippen molar-refractivity contribution in [2.75, 3.05) is 0 Å². The third-order valence-electron chi connectivity index (χ3n) is 1.99. The van der Waals surface area contributed by atoms with Crippen LogP contribution in [0.25, 0.3) is 5.69 Å². The van der Waals surface area contributed by atoms with Crippen molar-refractivity contribution in [3.05, 3.63) is 41.7 Å². The number of carbonyl (C=O) groups is 1. The van der Waals surface area contributed by atoms with Crippen molar-refractivity contribution in [3.63, 3.8) is 0 Å². The van der Waals surface area contributed by atoms with Gasteiger partial charge in [0, 0.05) is 5.56 Å². The molecule has 0 aliphatic heterocycles. The minimum absolute atomic E-state index is 0.659. The number of benzene rings is 1. The van der Waals surface area contributed by atoms with Gasteiger partial charge in [0.05, 0.1) is 17.6 Å². The first-order valence-electron chi connectivity index (χ1n) is 4.24. The van der Waals surface area contributed by atoms with Crippen LogP contribution in [0.5, 0.6) is 0 Å². The van der Waals surface area contributed by atoms with Gasteiger partial charge < -0.3 is 0 Å². The Labute approximate surface area is 81.2 Å². The summed E-state index contributed by atoms with van der Waals surface area (Å²) in [4.78, 5) is 10.4. The van der Waals surface area contributed by atoms with E-state index in [1.54, 1.807) is 23.0 Å². The number of rotatable bonds is 2. The molecule has 0 saturated carbocycles. The quantitative estimate of drug-likeness (QED) is 0.667. The van der Waals surface area contributed by atoms with Crippen molar-refractivity contribution in [3.8, 4) is 5.69 Å². The molecular formula is C10H9N3O. The average Bonchev–Trinajstić information content (AvgIpc) is 2.65. The largest absolute Gasteiger partial charge is 0.298 e. The second kappa shape index (κ2) is 3.41. The summed E-state index contributed by atoms with van der Waals surface area (Å²) in [5.74, 6) is 0. The highest BCUT2D eigenvalue weighted by atomic mass is 16.1. The van der Waals surface area contributed by atoms with E-state index >= 15 is 0 Å². The van der Waals surface area contributed by atoms with Crippen LogP contribution in [-0.2, 0) is 0 Å². The Hall–Kier alpha value is -1.97. The van der Waals surface area contributed by atoms with E-state index in [-0.39, 0.29) is 0 Å². The van der Waals surface area contributed by atoms with E-state index in [0.29, 0.717) is 5.56 Å². The molecule has 2 rings (SSSR count). The number of hydrogen-bond acceptors (Lipinski definition) is 3. The van der Waals surface area contributed by atoms with Crippen molar-refractivity contribution in [2.24, 2.45) is 0 Å². The maximum absolute atomic E-state index is 10.4. The molecule has 0 atom stereocenters. The highest BCUT2D eigenvalue weighted by Crippen LogP contribution is 2.09. The first-order valence-corrected chi connectivity index (χ1v) is 4.24. The molecule has 70 valence electrons. The SMILES string of the molecule is Cc1cnnn1-c1ccc(C=O)cc1. The summed E-state index contributed by atoms with van der Waals surface area (Å²) in [6.07, 6.45) is 2.51. The monoisotopic (exact) mass is 187 g/mol. The fraction of sp³-hybridized carbons (Fsp3) is 0.100. The van der Waals surface area contributed by atoms with Gasteiger partial charge in [-0.1, -0.05) is 5.21 Å². The summed E-state index contributed by atoms with van der Waals surface area (Å²) in [6.45, 7) is 1.92. The second-order valence-electron chi connectivity index (χ2n) is 3.00. The summed E-state index contributed by atoms with van der Waals surface area (Å²) in [5, 5.41) is 7.70. The second-order valence-corrected chi connectivity index (χ2v) is 3.00. The zero-order valence-electron chi connectivity index (χ0n) is 7.71. The number of nitrogens with zero attached hydrogens (tertiary/aromatic N) is 3. The van der Waals surface area contributed by atoms with E-state index in [9.17, 15) is 4.79 Å². The van der Waals surface area contributed by atoms with Crippen LogP contribution in [0.15, 0.2) is 30.5 Å². The van der Waals surface area contributed by atoms with E-state index in [0.717, 1.165) is 17.7 Å². The Morgan fingerprint density at radius 1 is 1.29 bits per heavy atom. The molecular weight excluding hydrogens is 178 g/mol. The third-order valence-corrected chi connectivity index (χ3v) is 1.99. The van der Waals surface area contributed by atoms with Crippen molar-refractivity contribution in [1.29, 1.82) is 0 Å². The molecule has 1 aromatic carbocycles. The molecule has 2 aromatic rings. The Morgan fingerprint density at radius 2 is 2.00 bits per heavy atom. The molecule has 0 spiro atoms. The number of aryl methyl sites for hydroxylation is 1. The van der Waals surface area contributed by atoms with E-state index in [4.69, 9.17) is 0 Å². The first kappa shape index (κ1) is 8.62. The van der Waals surface area contributed by atoms with Gasteiger partial charge in [0.1, 0.15) is 6.29 Å². The highest BCUT2D eigenvalue weighted by molar-refractivity contribution is 5.75. The Kier molecular flexibility index (Phi) is 2.10. The molecule has 0 fully saturated rings. The van der Waals surface area contributed by atoms with Gasteiger partial charge in [-0.3, -0.25) is 4.79 Å². The van der Waals surface area contributed by atoms with Crippen LogP contribution in [0.4, 0.5) is 0 Å². The van der Waals surface area contributed by atoms with Gasteiger partial charge in [0.15, 0.2) is 0 Å². The standard InChI is InChI=1S/C10H9N3O/c1-8-6-11-12-13(8)10-4-2-9(7-14)3-5-10/h2-7H,1H3. The number of aromatic nitrogens is 3. The molecule has 0 saturated heterocycles. The molecule has 4 heteroatoms. The van der Waals surface area contributed by atoms with Gasteiger partial charge in [-0.15, -0.1) is 5.10 Å². The van der Waals surface area contributed by atoms with Gasteiger partial charge in [-0.25, -0.2) is 4.68 Å². The molecule has 1 heterocycles. The summed E-state index contributed by atoms with van der Waals surface area (Å²) < 4.78 is 1.72. The van der Waals surface area contributed by atoms with Gasteiger partial charge >= 0.3 is 0 Å². The van der Waals surface area contributed by atoms with Crippen molar-refractivity contribution < 1.29 is 4.79 Å². The Balaban J connectivity index is 2.43. The average molecular weight is 187 g/mol. The topological polar surface area (TPSA) is 47.8 Å². The lowest BCUT2D eigenvalue weighted by molar-refractivity contribution is 0.112. The number of aldehydes is 1. The van der Waals surface area contributed by atoms with Crippen LogP contribution >= 0.6 is 0 Å². The molecule has 0 unspecified atom stereocenters. The van der Waals surface area contributed by atoms with E-state index < -0.39 is 0 Å². The lowest BCUT2D eigenvalue weighted by Gasteiger charge is -2.01. The molecule has 0 amide bonds. The van der Waals surface area contributed by atoms with E-state index in [1.807, 2.05) is 19.1 Å². The molecule has 0 aliphatic carbocycles. The summed E-state index contributed by atoms with van der Waals surface area (Å²) in [5.41, 5.74) is 2.53. The molecule has 0 N–H and O–H groups in total. The summed E-state index contributed by atoms with van der Waals surface area (Å²) in [7, 11) is 0. The Bertz CT molecular complexity index is 445. The lowest BCUT2D eigenvalue weighted by atomic mass is 10.2. The first-order chi connectivity index (χ1) is 6.81. The van der Waals surface area contributed by atoms with Crippen LogP contribution in [0, 0.1) is 6.92 Å².